The van der Waals surface area contributed by atoms with E-state index in [1.165, 1.54) is 40.1 Å². The third kappa shape index (κ3) is 3.04. The van der Waals surface area contributed by atoms with E-state index in [-0.39, 0.29) is 5.38 Å². The molecule has 0 amide bonds. The van der Waals surface area contributed by atoms with Crippen LogP contribution in [0.4, 0.5) is 0 Å². The van der Waals surface area contributed by atoms with Gasteiger partial charge in [0, 0.05) is 9.75 Å². The van der Waals surface area contributed by atoms with Crippen LogP contribution in [-0.4, -0.2) is 14.2 Å². The fourth-order valence-corrected chi connectivity index (χ4v) is 4.43. The summed E-state index contributed by atoms with van der Waals surface area (Å²) in [5.41, 5.74) is 2.68. The average Bonchev–Trinajstić information content (AvgIpc) is 3.08. The van der Waals surface area contributed by atoms with Gasteiger partial charge in [0.2, 0.25) is 0 Å². The van der Waals surface area contributed by atoms with Gasteiger partial charge in [0.1, 0.15) is 0 Å². The Morgan fingerprint density at radius 2 is 1.95 bits per heavy atom. The van der Waals surface area contributed by atoms with Gasteiger partial charge in [-0.3, -0.25) is 0 Å². The first-order valence-corrected chi connectivity index (χ1v) is 8.43. The lowest BCUT2D eigenvalue weighted by Gasteiger charge is -2.11. The lowest BCUT2D eigenvalue weighted by atomic mass is 10.1. The predicted molar refractivity (Wildman–Crippen MR) is 88.2 cm³/mol. The predicted octanol–water partition coefficient (Wildman–Crippen LogP) is 4.78. The summed E-state index contributed by atoms with van der Waals surface area (Å²) in [4.78, 5) is 2.82. The molecule has 0 N–H and O–H groups in total. The van der Waals surface area contributed by atoms with Crippen LogP contribution in [-0.2, 0) is 19.3 Å². The zero-order valence-electron chi connectivity index (χ0n) is 12.3. The molecule has 1 unspecified atom stereocenters. The summed E-state index contributed by atoms with van der Waals surface area (Å²) in [6.45, 7) is 0. The molecular weight excluding hydrogens is 304 g/mol. The van der Waals surface area contributed by atoms with Crippen molar-refractivity contribution in [3.05, 3.63) is 45.1 Å². The molecule has 112 valence electrons. The van der Waals surface area contributed by atoms with Gasteiger partial charge in [-0.05, 0) is 55.0 Å². The molecule has 0 aliphatic heterocycles. The second-order valence-electron chi connectivity index (χ2n) is 5.31. The Bertz CT molecular complexity index is 614. The van der Waals surface area contributed by atoms with E-state index in [4.69, 9.17) is 21.1 Å². The molecule has 0 saturated carbocycles. The Hall–Kier alpha value is -1.19. The number of rotatable bonds is 5. The number of benzene rings is 1. The Kier molecular flexibility index (Phi) is 4.41. The molecule has 2 nitrogen and oxygen atoms in total. The highest BCUT2D eigenvalue weighted by Gasteiger charge is 2.19. The third-order valence-corrected chi connectivity index (χ3v) is 5.81. The van der Waals surface area contributed by atoms with Crippen molar-refractivity contribution < 1.29 is 9.47 Å². The van der Waals surface area contributed by atoms with Crippen LogP contribution < -0.4 is 9.47 Å². The molecule has 0 saturated heterocycles. The van der Waals surface area contributed by atoms with Gasteiger partial charge in [0.05, 0.1) is 19.6 Å². The molecule has 1 aromatic carbocycles. The van der Waals surface area contributed by atoms with E-state index in [1.54, 1.807) is 14.2 Å². The minimum absolute atomic E-state index is 0.0266. The molecule has 2 aromatic rings. The molecule has 0 radical (unpaired) electrons. The van der Waals surface area contributed by atoms with Crippen molar-refractivity contribution in [1.29, 1.82) is 0 Å². The molecule has 1 heterocycles. The molecule has 4 heteroatoms. The van der Waals surface area contributed by atoms with E-state index >= 15 is 0 Å². The lowest BCUT2D eigenvalue weighted by molar-refractivity contribution is 0.354. The standard InChI is InChI=1S/C17H19ClO2S/c1-19-14-7-6-11(9-15(14)20-2)8-13(18)17-10-12-4-3-5-16(12)21-17/h6-7,9-10,13H,3-5,8H2,1-2H3. The van der Waals surface area contributed by atoms with E-state index in [2.05, 4.69) is 12.1 Å². The van der Waals surface area contributed by atoms with Crippen LogP contribution in [0.1, 0.15) is 32.7 Å². The zero-order valence-corrected chi connectivity index (χ0v) is 13.9. The summed E-state index contributed by atoms with van der Waals surface area (Å²) in [5, 5.41) is 0.0266. The number of hydrogen-bond acceptors (Lipinski definition) is 3. The third-order valence-electron chi connectivity index (χ3n) is 3.94. The van der Waals surface area contributed by atoms with Gasteiger partial charge < -0.3 is 9.47 Å². The molecule has 1 aliphatic carbocycles. The van der Waals surface area contributed by atoms with Gasteiger partial charge in [-0.2, -0.15) is 0 Å². The first-order chi connectivity index (χ1) is 10.2. The first kappa shape index (κ1) is 14.7. The highest BCUT2D eigenvalue weighted by atomic mass is 35.5. The summed E-state index contributed by atoms with van der Waals surface area (Å²) in [7, 11) is 3.30. The molecule has 1 aliphatic rings. The summed E-state index contributed by atoms with van der Waals surface area (Å²) >= 11 is 8.49. The molecular formula is C17H19ClO2S. The van der Waals surface area contributed by atoms with Gasteiger partial charge in [-0.15, -0.1) is 22.9 Å². The number of ether oxygens (including phenoxy) is 2. The smallest absolute Gasteiger partial charge is 0.160 e. The topological polar surface area (TPSA) is 18.5 Å². The van der Waals surface area contributed by atoms with Crippen molar-refractivity contribution in [1.82, 2.24) is 0 Å². The largest absolute Gasteiger partial charge is 0.493 e. The van der Waals surface area contributed by atoms with Gasteiger partial charge in [0.15, 0.2) is 11.5 Å². The van der Waals surface area contributed by atoms with E-state index < -0.39 is 0 Å². The van der Waals surface area contributed by atoms with Crippen LogP contribution in [0, 0.1) is 0 Å². The van der Waals surface area contributed by atoms with E-state index in [1.807, 2.05) is 23.5 Å². The maximum Gasteiger partial charge on any atom is 0.160 e. The minimum Gasteiger partial charge on any atom is -0.493 e. The number of methoxy groups -OCH3 is 2. The van der Waals surface area contributed by atoms with Crippen molar-refractivity contribution in [2.75, 3.05) is 14.2 Å². The van der Waals surface area contributed by atoms with Crippen LogP contribution >= 0.6 is 22.9 Å². The van der Waals surface area contributed by atoms with Crippen molar-refractivity contribution >= 4 is 22.9 Å². The van der Waals surface area contributed by atoms with Crippen molar-refractivity contribution in [3.8, 4) is 11.5 Å². The molecule has 1 atom stereocenters. The Morgan fingerprint density at radius 3 is 2.67 bits per heavy atom. The minimum atomic E-state index is 0.0266. The number of hydrogen-bond donors (Lipinski definition) is 0. The number of halogens is 1. The molecule has 0 bridgehead atoms. The van der Waals surface area contributed by atoms with Gasteiger partial charge in [-0.1, -0.05) is 6.07 Å². The normalized spacial score (nSPS) is 14.8. The van der Waals surface area contributed by atoms with Crippen LogP contribution in [0.25, 0.3) is 0 Å². The Balaban J connectivity index is 1.76. The van der Waals surface area contributed by atoms with Crippen LogP contribution in [0.3, 0.4) is 0 Å². The first-order valence-electron chi connectivity index (χ1n) is 7.17. The molecule has 0 fully saturated rings. The highest BCUT2D eigenvalue weighted by molar-refractivity contribution is 7.12. The Labute approximate surface area is 134 Å². The van der Waals surface area contributed by atoms with Crippen LogP contribution in [0.5, 0.6) is 11.5 Å². The van der Waals surface area contributed by atoms with Crippen LogP contribution in [0.15, 0.2) is 24.3 Å². The lowest BCUT2D eigenvalue weighted by Crippen LogP contribution is -1.96. The highest BCUT2D eigenvalue weighted by Crippen LogP contribution is 2.38. The summed E-state index contributed by atoms with van der Waals surface area (Å²) in [6, 6.07) is 8.30. The number of aryl methyl sites for hydroxylation is 2. The quantitative estimate of drug-likeness (QED) is 0.738. The van der Waals surface area contributed by atoms with E-state index in [9.17, 15) is 0 Å². The van der Waals surface area contributed by atoms with Gasteiger partial charge >= 0.3 is 0 Å². The van der Waals surface area contributed by atoms with Crippen molar-refractivity contribution in [2.24, 2.45) is 0 Å². The van der Waals surface area contributed by atoms with Crippen molar-refractivity contribution in [2.45, 2.75) is 31.1 Å². The van der Waals surface area contributed by atoms with Crippen LogP contribution in [0.2, 0.25) is 0 Å². The zero-order chi connectivity index (χ0) is 14.8. The maximum absolute atomic E-state index is 6.61. The van der Waals surface area contributed by atoms with E-state index in [0.29, 0.717) is 0 Å². The Morgan fingerprint density at radius 1 is 1.14 bits per heavy atom. The molecule has 0 spiro atoms. The second-order valence-corrected chi connectivity index (χ2v) is 7.01. The number of alkyl halides is 1. The summed E-state index contributed by atoms with van der Waals surface area (Å²) in [6.07, 6.45) is 4.54. The summed E-state index contributed by atoms with van der Waals surface area (Å²) < 4.78 is 10.6. The van der Waals surface area contributed by atoms with Crippen molar-refractivity contribution in [3.63, 3.8) is 0 Å². The average molecular weight is 323 g/mol. The maximum atomic E-state index is 6.61. The van der Waals surface area contributed by atoms with Gasteiger partial charge in [0.25, 0.3) is 0 Å². The summed E-state index contributed by atoms with van der Waals surface area (Å²) in [5.74, 6) is 1.51. The number of thiophene rings is 1. The fraction of sp³-hybridized carbons (Fsp3) is 0.412. The fourth-order valence-electron chi connectivity index (χ4n) is 2.82. The second kappa shape index (κ2) is 6.29. The molecule has 1 aromatic heterocycles. The van der Waals surface area contributed by atoms with Gasteiger partial charge in [-0.25, -0.2) is 0 Å². The number of fused-ring (bicyclic) bond motifs is 1. The molecule has 21 heavy (non-hydrogen) atoms. The van der Waals surface area contributed by atoms with E-state index in [0.717, 1.165) is 17.9 Å². The SMILES string of the molecule is COc1ccc(CC(Cl)c2cc3c(s2)CCC3)cc1OC. The monoisotopic (exact) mass is 322 g/mol. The molecule has 3 rings (SSSR count).